The van der Waals surface area contributed by atoms with Gasteiger partial charge in [0.25, 0.3) is 5.56 Å². The molecule has 4 nitrogen and oxygen atoms in total. The van der Waals surface area contributed by atoms with E-state index in [-0.39, 0.29) is 5.56 Å². The van der Waals surface area contributed by atoms with Crippen molar-refractivity contribution in [1.82, 2.24) is 9.36 Å². The highest BCUT2D eigenvalue weighted by Crippen LogP contribution is 2.21. The van der Waals surface area contributed by atoms with Crippen LogP contribution in [0.5, 0.6) is 0 Å². The van der Waals surface area contributed by atoms with E-state index in [2.05, 4.69) is 0 Å². The Balaban J connectivity index is 2.20. The molecule has 0 spiro atoms. The largest absolute Gasteiger partial charge is 0.399 e. The number of anilines is 1. The van der Waals surface area contributed by atoms with Gasteiger partial charge in [-0.25, -0.2) is 4.68 Å². The third kappa shape index (κ3) is 2.01. The molecule has 0 unspecified atom stereocenters. The number of aromatic nitrogens is 2. The van der Waals surface area contributed by atoms with Crippen molar-refractivity contribution in [3.63, 3.8) is 0 Å². The Kier molecular flexibility index (Phi) is 2.91. The molecule has 0 amide bonds. The molecule has 0 saturated heterocycles. The van der Waals surface area contributed by atoms with Gasteiger partial charge in [0.1, 0.15) is 0 Å². The van der Waals surface area contributed by atoms with Crippen LogP contribution in [0.2, 0.25) is 0 Å². The number of para-hydroxylation sites is 1. The van der Waals surface area contributed by atoms with Crippen molar-refractivity contribution < 1.29 is 0 Å². The normalized spacial score (nSPS) is 10.7. The van der Waals surface area contributed by atoms with E-state index in [0.29, 0.717) is 5.69 Å². The highest BCUT2D eigenvalue weighted by Gasteiger charge is 2.11. The molecule has 0 radical (unpaired) electrons. The molecule has 20 heavy (non-hydrogen) atoms. The van der Waals surface area contributed by atoms with Gasteiger partial charge in [0.15, 0.2) is 0 Å². The van der Waals surface area contributed by atoms with Gasteiger partial charge in [-0.15, -0.1) is 0 Å². The average molecular weight is 265 g/mol. The van der Waals surface area contributed by atoms with E-state index < -0.39 is 0 Å². The third-order valence-corrected chi connectivity index (χ3v) is 3.30. The number of nitrogen functional groups attached to an aromatic ring is 1. The molecule has 1 aromatic heterocycles. The first-order chi connectivity index (χ1) is 9.66. The van der Waals surface area contributed by atoms with E-state index in [9.17, 15) is 4.79 Å². The molecule has 0 aliphatic heterocycles. The minimum Gasteiger partial charge on any atom is -0.399 e. The van der Waals surface area contributed by atoms with Crippen LogP contribution in [-0.2, 0) is 7.05 Å². The van der Waals surface area contributed by atoms with Gasteiger partial charge in [0.2, 0.25) is 0 Å². The Labute approximate surface area is 116 Å². The summed E-state index contributed by atoms with van der Waals surface area (Å²) in [7, 11) is 1.87. The number of benzene rings is 2. The molecule has 0 bridgehead atoms. The van der Waals surface area contributed by atoms with Gasteiger partial charge < -0.3 is 5.73 Å². The van der Waals surface area contributed by atoms with E-state index >= 15 is 0 Å². The number of hydrogen-bond acceptors (Lipinski definition) is 2. The molecule has 3 rings (SSSR count). The zero-order valence-electron chi connectivity index (χ0n) is 11.2. The van der Waals surface area contributed by atoms with E-state index in [0.717, 1.165) is 16.9 Å². The van der Waals surface area contributed by atoms with E-state index in [1.54, 1.807) is 10.7 Å². The second-order valence-electron chi connectivity index (χ2n) is 4.66. The Morgan fingerprint density at radius 3 is 2.40 bits per heavy atom. The third-order valence-electron chi connectivity index (χ3n) is 3.30. The highest BCUT2D eigenvalue weighted by atomic mass is 16.1. The maximum Gasteiger partial charge on any atom is 0.271 e. The molecule has 3 aromatic rings. The molecule has 0 aliphatic carbocycles. The van der Waals surface area contributed by atoms with Crippen LogP contribution in [0, 0.1) is 0 Å². The quantitative estimate of drug-likeness (QED) is 0.723. The van der Waals surface area contributed by atoms with Crippen molar-refractivity contribution in [3.05, 3.63) is 71.0 Å². The first kappa shape index (κ1) is 12.3. The van der Waals surface area contributed by atoms with E-state index in [4.69, 9.17) is 5.73 Å². The van der Waals surface area contributed by atoms with Gasteiger partial charge in [0, 0.05) is 24.4 Å². The Bertz CT molecular complexity index is 800. The number of nitrogens with two attached hydrogens (primary N) is 1. The summed E-state index contributed by atoms with van der Waals surface area (Å²) in [6.07, 6.45) is 0. The molecule has 0 aliphatic rings. The average Bonchev–Trinajstić information content (AvgIpc) is 2.75. The minimum atomic E-state index is -0.0591. The smallest absolute Gasteiger partial charge is 0.271 e. The van der Waals surface area contributed by atoms with Gasteiger partial charge in [-0.05, 0) is 24.3 Å². The van der Waals surface area contributed by atoms with Gasteiger partial charge in [-0.1, -0.05) is 30.3 Å². The summed E-state index contributed by atoms with van der Waals surface area (Å²) in [5, 5.41) is 0. The van der Waals surface area contributed by atoms with Gasteiger partial charge >= 0.3 is 0 Å². The number of hydrogen-bond donors (Lipinski definition) is 1. The first-order valence-corrected chi connectivity index (χ1v) is 6.37. The fourth-order valence-electron chi connectivity index (χ4n) is 2.36. The standard InChI is InChI=1S/C16H15N3O/c1-18-15(12-6-5-7-13(17)10-12)11-16(20)19(18)14-8-3-2-4-9-14/h2-11H,17H2,1H3. The van der Waals surface area contributed by atoms with Crippen molar-refractivity contribution in [2.45, 2.75) is 0 Å². The lowest BCUT2D eigenvalue weighted by atomic mass is 10.1. The Morgan fingerprint density at radius 1 is 0.950 bits per heavy atom. The highest BCUT2D eigenvalue weighted by molar-refractivity contribution is 5.64. The zero-order valence-corrected chi connectivity index (χ0v) is 11.2. The summed E-state index contributed by atoms with van der Waals surface area (Å²) in [6.45, 7) is 0. The zero-order chi connectivity index (χ0) is 14.1. The van der Waals surface area contributed by atoms with Crippen LogP contribution < -0.4 is 11.3 Å². The van der Waals surface area contributed by atoms with Crippen LogP contribution in [0.1, 0.15) is 0 Å². The van der Waals surface area contributed by atoms with Crippen LogP contribution in [-0.4, -0.2) is 9.36 Å². The SMILES string of the molecule is Cn1c(-c2cccc(N)c2)cc(=O)n1-c1ccccc1. The second-order valence-corrected chi connectivity index (χ2v) is 4.66. The monoisotopic (exact) mass is 265 g/mol. The van der Waals surface area contributed by atoms with Crippen molar-refractivity contribution >= 4 is 5.69 Å². The first-order valence-electron chi connectivity index (χ1n) is 6.37. The molecule has 2 aromatic carbocycles. The lowest BCUT2D eigenvalue weighted by molar-refractivity contribution is 0.652. The van der Waals surface area contributed by atoms with Crippen molar-refractivity contribution in [3.8, 4) is 16.9 Å². The molecule has 1 heterocycles. The Morgan fingerprint density at radius 2 is 1.70 bits per heavy atom. The topological polar surface area (TPSA) is 52.9 Å². The molecular formula is C16H15N3O. The summed E-state index contributed by atoms with van der Waals surface area (Å²) in [5.41, 5.74) is 9.04. The van der Waals surface area contributed by atoms with E-state index in [1.807, 2.05) is 66.3 Å². The second kappa shape index (κ2) is 4.74. The predicted molar refractivity (Wildman–Crippen MR) is 80.9 cm³/mol. The van der Waals surface area contributed by atoms with Gasteiger partial charge in [-0.2, -0.15) is 0 Å². The fraction of sp³-hybridized carbons (Fsp3) is 0.0625. The van der Waals surface area contributed by atoms with Crippen LogP contribution in [0.4, 0.5) is 5.69 Å². The maximum atomic E-state index is 12.2. The maximum absolute atomic E-state index is 12.2. The van der Waals surface area contributed by atoms with Gasteiger partial charge in [-0.3, -0.25) is 9.48 Å². The number of rotatable bonds is 2. The van der Waals surface area contributed by atoms with Gasteiger partial charge in [0.05, 0.1) is 11.4 Å². The Hall–Kier alpha value is -2.75. The van der Waals surface area contributed by atoms with Crippen LogP contribution in [0.15, 0.2) is 65.5 Å². The van der Waals surface area contributed by atoms with E-state index in [1.165, 1.54) is 0 Å². The minimum absolute atomic E-state index is 0.0591. The molecule has 0 saturated carbocycles. The summed E-state index contributed by atoms with van der Waals surface area (Å²) in [5.74, 6) is 0. The molecule has 2 N–H and O–H groups in total. The lowest BCUT2D eigenvalue weighted by Gasteiger charge is -2.10. The predicted octanol–water partition coefficient (Wildman–Crippen LogP) is 2.43. The van der Waals surface area contributed by atoms with Crippen LogP contribution in [0.3, 0.4) is 0 Å². The lowest BCUT2D eigenvalue weighted by Crippen LogP contribution is -2.18. The summed E-state index contributed by atoms with van der Waals surface area (Å²) >= 11 is 0. The van der Waals surface area contributed by atoms with Crippen LogP contribution in [0.25, 0.3) is 16.9 Å². The molecule has 4 heteroatoms. The number of nitrogens with zero attached hydrogens (tertiary/aromatic N) is 2. The molecular weight excluding hydrogens is 250 g/mol. The summed E-state index contributed by atoms with van der Waals surface area (Å²) < 4.78 is 3.48. The fourth-order valence-corrected chi connectivity index (χ4v) is 2.36. The van der Waals surface area contributed by atoms with Crippen LogP contribution >= 0.6 is 0 Å². The van der Waals surface area contributed by atoms with Crippen molar-refractivity contribution in [2.24, 2.45) is 7.05 Å². The summed E-state index contributed by atoms with van der Waals surface area (Å²) in [4.78, 5) is 12.2. The van der Waals surface area contributed by atoms with Crippen molar-refractivity contribution in [2.75, 3.05) is 5.73 Å². The molecule has 0 atom stereocenters. The molecule has 100 valence electrons. The molecule has 0 fully saturated rings. The van der Waals surface area contributed by atoms with Crippen molar-refractivity contribution in [1.29, 1.82) is 0 Å². The summed E-state index contributed by atoms with van der Waals surface area (Å²) in [6, 6.07) is 18.7.